The van der Waals surface area contributed by atoms with E-state index >= 15 is 0 Å². The fourth-order valence-electron chi connectivity index (χ4n) is 4.42. The van der Waals surface area contributed by atoms with Gasteiger partial charge in [0.15, 0.2) is 5.01 Å². The van der Waals surface area contributed by atoms with Crippen molar-refractivity contribution in [1.82, 2.24) is 20.2 Å². The Labute approximate surface area is 207 Å². The molecule has 0 bridgehead atoms. The van der Waals surface area contributed by atoms with E-state index in [0.717, 1.165) is 21.8 Å². The summed E-state index contributed by atoms with van der Waals surface area (Å²) in [7, 11) is 0. The Morgan fingerprint density at radius 1 is 1.29 bits per heavy atom. The van der Waals surface area contributed by atoms with Crippen molar-refractivity contribution in [3.63, 3.8) is 0 Å². The summed E-state index contributed by atoms with van der Waals surface area (Å²) in [5, 5.41) is 6.32. The molecule has 4 heterocycles. The van der Waals surface area contributed by atoms with E-state index in [1.165, 1.54) is 0 Å². The number of anilines is 1. The van der Waals surface area contributed by atoms with Gasteiger partial charge in [0.05, 0.1) is 11.4 Å². The number of likely N-dealkylation sites (tertiary alicyclic amines) is 1. The lowest BCUT2D eigenvalue weighted by atomic mass is 10.1. The van der Waals surface area contributed by atoms with E-state index in [9.17, 15) is 18.4 Å². The van der Waals surface area contributed by atoms with Crippen LogP contribution in [0.4, 0.5) is 14.6 Å². The monoisotopic (exact) mass is 507 g/mol. The van der Waals surface area contributed by atoms with Gasteiger partial charge in [0.1, 0.15) is 11.5 Å². The average Bonchev–Trinajstić information content (AvgIpc) is 3.34. The summed E-state index contributed by atoms with van der Waals surface area (Å²) >= 11 is 1.08. The van der Waals surface area contributed by atoms with Crippen molar-refractivity contribution in [2.24, 2.45) is 0 Å². The maximum absolute atomic E-state index is 14.0. The van der Waals surface area contributed by atoms with Crippen LogP contribution in [0.2, 0.25) is 0 Å². The van der Waals surface area contributed by atoms with Crippen LogP contribution >= 0.6 is 11.3 Å². The number of carbonyl (C=O) groups is 2. The number of nitrogens with one attached hydrogen (secondary N) is 2. The number of halogens is 2. The molecular formula is C24H31F2N5O3S. The fraction of sp³-hybridized carbons (Fsp3) is 0.583. The normalized spacial score (nSPS) is 20.3. The molecule has 0 saturated carbocycles. The van der Waals surface area contributed by atoms with Crippen molar-refractivity contribution in [3.8, 4) is 10.4 Å². The molecule has 2 aromatic rings. The van der Waals surface area contributed by atoms with Gasteiger partial charge in [-0.25, -0.2) is 18.7 Å². The molecule has 2 aliphatic rings. The number of ether oxygens (including phenoxy) is 1. The molecule has 2 N–H and O–H groups in total. The number of aromatic nitrogens is 2. The molecule has 2 fully saturated rings. The Hall–Kier alpha value is -2.66. The first-order chi connectivity index (χ1) is 16.5. The number of amides is 2. The molecule has 0 spiro atoms. The summed E-state index contributed by atoms with van der Waals surface area (Å²) in [6.07, 6.45) is 2.63. The Morgan fingerprint density at radius 3 is 2.60 bits per heavy atom. The first-order valence-electron chi connectivity index (χ1n) is 11.9. The predicted molar refractivity (Wildman–Crippen MR) is 130 cm³/mol. The van der Waals surface area contributed by atoms with Crippen LogP contribution in [-0.4, -0.2) is 70.5 Å². The second-order valence-electron chi connectivity index (χ2n) is 9.58. The van der Waals surface area contributed by atoms with Crippen molar-refractivity contribution >= 4 is 29.0 Å². The van der Waals surface area contributed by atoms with Crippen molar-refractivity contribution < 1.29 is 23.1 Å². The first-order valence-corrected chi connectivity index (χ1v) is 12.7. The minimum Gasteiger partial charge on any atom is -0.381 e. The molecular weight excluding hydrogens is 476 g/mol. The summed E-state index contributed by atoms with van der Waals surface area (Å²) < 4.78 is 33.4. The molecule has 2 amide bonds. The zero-order valence-corrected chi connectivity index (χ0v) is 21.2. The van der Waals surface area contributed by atoms with Crippen LogP contribution in [-0.2, 0) is 4.74 Å². The lowest BCUT2D eigenvalue weighted by Gasteiger charge is -2.22. The molecule has 0 aromatic carbocycles. The minimum atomic E-state index is -2.95. The van der Waals surface area contributed by atoms with Crippen LogP contribution < -0.4 is 10.6 Å². The molecule has 11 heteroatoms. The number of rotatable bonds is 6. The van der Waals surface area contributed by atoms with Gasteiger partial charge < -0.3 is 20.3 Å². The number of pyridine rings is 1. The van der Waals surface area contributed by atoms with Gasteiger partial charge in [0, 0.05) is 49.5 Å². The number of thiazole rings is 1. The highest BCUT2D eigenvalue weighted by Gasteiger charge is 2.46. The van der Waals surface area contributed by atoms with E-state index in [1.807, 2.05) is 26.8 Å². The Kier molecular flexibility index (Phi) is 7.37. The predicted octanol–water partition coefficient (Wildman–Crippen LogP) is 4.11. The summed E-state index contributed by atoms with van der Waals surface area (Å²) in [6.45, 7) is 7.96. The highest BCUT2D eigenvalue weighted by atomic mass is 32.1. The largest absolute Gasteiger partial charge is 0.381 e. The topological polar surface area (TPSA) is 96.5 Å². The highest BCUT2D eigenvalue weighted by Crippen LogP contribution is 2.37. The summed E-state index contributed by atoms with van der Waals surface area (Å²) in [4.78, 5) is 36.9. The Balaban J connectivity index is 1.69. The summed E-state index contributed by atoms with van der Waals surface area (Å²) in [5.74, 6) is -3.25. The molecule has 8 nitrogen and oxygen atoms in total. The van der Waals surface area contributed by atoms with Crippen LogP contribution in [0.5, 0.6) is 0 Å². The maximum atomic E-state index is 14.0. The third-order valence-corrected chi connectivity index (χ3v) is 7.25. The molecule has 0 aliphatic carbocycles. The second-order valence-corrected chi connectivity index (χ2v) is 10.6. The number of nitrogens with zero attached hydrogens (tertiary/aromatic N) is 3. The van der Waals surface area contributed by atoms with E-state index in [4.69, 9.17) is 4.74 Å². The lowest BCUT2D eigenvalue weighted by Crippen LogP contribution is -2.39. The molecule has 2 saturated heterocycles. The van der Waals surface area contributed by atoms with Gasteiger partial charge >= 0.3 is 0 Å². The number of hydrogen-bond acceptors (Lipinski definition) is 7. The zero-order valence-electron chi connectivity index (χ0n) is 20.4. The van der Waals surface area contributed by atoms with Crippen LogP contribution in [0.3, 0.4) is 0 Å². The van der Waals surface area contributed by atoms with Crippen LogP contribution in [0.25, 0.3) is 10.4 Å². The van der Waals surface area contributed by atoms with Gasteiger partial charge in [-0.2, -0.15) is 0 Å². The van der Waals surface area contributed by atoms with Crippen molar-refractivity contribution in [3.05, 3.63) is 28.5 Å². The standard InChI is InChI=1S/C24H31F2N5O3S/c1-13(2)28-18-9-14(3)17(11-27-18)20-19(23(33)31-12-24(25,26)10-15(31)4)30-22(35-20)21(32)29-16-5-7-34-8-6-16/h9,11,13,15-16H,5-8,10,12H2,1-4H3,(H,27,28)(H,29,32)/t15-/m0/s1. The SMILES string of the molecule is Cc1cc(NC(C)C)ncc1-c1sc(C(=O)NC2CCOCC2)nc1C(=O)N1CC(F)(F)C[C@@H]1C. The Morgan fingerprint density at radius 2 is 2.00 bits per heavy atom. The third kappa shape index (κ3) is 5.78. The first kappa shape index (κ1) is 25.4. The average molecular weight is 508 g/mol. The lowest BCUT2D eigenvalue weighted by molar-refractivity contribution is 0.0118. The fourth-order valence-corrected chi connectivity index (χ4v) is 5.46. The van der Waals surface area contributed by atoms with Gasteiger partial charge in [0.25, 0.3) is 17.7 Å². The minimum absolute atomic E-state index is 0.00569. The van der Waals surface area contributed by atoms with Gasteiger partial charge in [-0.05, 0) is 52.2 Å². The third-order valence-electron chi connectivity index (χ3n) is 6.16. The van der Waals surface area contributed by atoms with Crippen LogP contribution in [0.1, 0.15) is 65.9 Å². The van der Waals surface area contributed by atoms with Crippen molar-refractivity contribution in [2.45, 2.75) is 71.0 Å². The Bertz CT molecular complexity index is 1100. The molecule has 4 rings (SSSR count). The van der Waals surface area contributed by atoms with Crippen LogP contribution in [0.15, 0.2) is 12.3 Å². The van der Waals surface area contributed by atoms with E-state index in [2.05, 4.69) is 20.6 Å². The van der Waals surface area contributed by atoms with Crippen molar-refractivity contribution in [2.75, 3.05) is 25.1 Å². The molecule has 0 radical (unpaired) electrons. The van der Waals surface area contributed by atoms with Gasteiger partial charge in [0.2, 0.25) is 0 Å². The highest BCUT2D eigenvalue weighted by molar-refractivity contribution is 7.17. The number of carbonyl (C=O) groups excluding carboxylic acids is 2. The van der Waals surface area contributed by atoms with E-state index in [0.29, 0.717) is 42.3 Å². The quantitative estimate of drug-likeness (QED) is 0.611. The van der Waals surface area contributed by atoms with Gasteiger partial charge in [-0.15, -0.1) is 11.3 Å². The number of alkyl halides is 2. The summed E-state index contributed by atoms with van der Waals surface area (Å²) in [6, 6.07) is 1.37. The molecule has 35 heavy (non-hydrogen) atoms. The molecule has 0 unspecified atom stereocenters. The van der Waals surface area contributed by atoms with Gasteiger partial charge in [-0.3, -0.25) is 9.59 Å². The molecule has 2 aromatic heterocycles. The van der Waals surface area contributed by atoms with E-state index in [1.54, 1.807) is 13.1 Å². The molecule has 190 valence electrons. The number of hydrogen-bond donors (Lipinski definition) is 2. The van der Waals surface area contributed by atoms with Gasteiger partial charge in [-0.1, -0.05) is 0 Å². The zero-order chi connectivity index (χ0) is 25.3. The van der Waals surface area contributed by atoms with Crippen molar-refractivity contribution in [1.29, 1.82) is 0 Å². The summed E-state index contributed by atoms with van der Waals surface area (Å²) in [5.41, 5.74) is 1.48. The van der Waals surface area contributed by atoms with E-state index in [-0.39, 0.29) is 28.7 Å². The second kappa shape index (κ2) is 10.1. The smallest absolute Gasteiger partial charge is 0.280 e. The number of aryl methyl sites for hydroxylation is 1. The van der Waals surface area contributed by atoms with Crippen LogP contribution in [0, 0.1) is 6.92 Å². The van der Waals surface area contributed by atoms with E-state index < -0.39 is 30.8 Å². The molecule has 2 aliphatic heterocycles. The molecule has 1 atom stereocenters. The maximum Gasteiger partial charge on any atom is 0.280 e.